The van der Waals surface area contributed by atoms with E-state index in [2.05, 4.69) is 6.92 Å². The van der Waals surface area contributed by atoms with Crippen LogP contribution in [-0.4, -0.2) is 18.4 Å². The van der Waals surface area contributed by atoms with E-state index < -0.39 is 5.97 Å². The molecule has 1 rings (SSSR count). The zero-order valence-electron chi connectivity index (χ0n) is 15.2. The standard InChI is InChI=1S/C20H32O4/c1-3-4-5-6-7-8-9-10-11-12-13-17(2)23-20(22)19-15-14-18(16-21)24-19/h14-17H,3-13H2,1-2H3. The molecule has 0 aliphatic rings. The highest BCUT2D eigenvalue weighted by atomic mass is 16.6. The summed E-state index contributed by atoms with van der Waals surface area (Å²) in [6.07, 6.45) is 14.3. The zero-order chi connectivity index (χ0) is 17.6. The number of hydrogen-bond donors (Lipinski definition) is 0. The molecule has 136 valence electrons. The van der Waals surface area contributed by atoms with Gasteiger partial charge in [0.15, 0.2) is 12.0 Å². The molecule has 0 amide bonds. The Morgan fingerprint density at radius 3 is 2.17 bits per heavy atom. The number of esters is 1. The van der Waals surface area contributed by atoms with Crippen LogP contribution >= 0.6 is 0 Å². The van der Waals surface area contributed by atoms with Crippen molar-refractivity contribution in [2.75, 3.05) is 0 Å². The molecule has 4 nitrogen and oxygen atoms in total. The molecule has 24 heavy (non-hydrogen) atoms. The minimum atomic E-state index is -0.498. The molecule has 0 spiro atoms. The lowest BCUT2D eigenvalue weighted by Crippen LogP contribution is -2.14. The highest BCUT2D eigenvalue weighted by Gasteiger charge is 2.15. The molecule has 1 heterocycles. The predicted octanol–water partition coefficient (Wildman–Crippen LogP) is 5.95. The second-order valence-corrected chi connectivity index (χ2v) is 6.51. The van der Waals surface area contributed by atoms with Gasteiger partial charge in [0.2, 0.25) is 5.76 Å². The Kier molecular flexibility index (Phi) is 10.9. The van der Waals surface area contributed by atoms with Crippen molar-refractivity contribution in [1.29, 1.82) is 0 Å². The van der Waals surface area contributed by atoms with E-state index in [9.17, 15) is 9.59 Å². The minimum Gasteiger partial charge on any atom is -0.457 e. The molecular weight excluding hydrogens is 304 g/mol. The summed E-state index contributed by atoms with van der Waals surface area (Å²) in [4.78, 5) is 22.4. The van der Waals surface area contributed by atoms with Gasteiger partial charge in [-0.15, -0.1) is 0 Å². The van der Waals surface area contributed by atoms with Gasteiger partial charge in [-0.25, -0.2) is 4.79 Å². The van der Waals surface area contributed by atoms with Gasteiger partial charge in [-0.3, -0.25) is 4.79 Å². The van der Waals surface area contributed by atoms with Crippen LogP contribution in [0.4, 0.5) is 0 Å². The first-order valence-electron chi connectivity index (χ1n) is 9.43. The molecule has 0 aromatic carbocycles. The average molecular weight is 336 g/mol. The molecule has 4 heteroatoms. The third-order valence-electron chi connectivity index (χ3n) is 4.22. The van der Waals surface area contributed by atoms with Crippen LogP contribution < -0.4 is 0 Å². The van der Waals surface area contributed by atoms with Crippen molar-refractivity contribution in [2.45, 2.75) is 90.6 Å². The smallest absolute Gasteiger partial charge is 0.374 e. The van der Waals surface area contributed by atoms with E-state index in [1.165, 1.54) is 69.9 Å². The van der Waals surface area contributed by atoms with E-state index in [0.717, 1.165) is 12.8 Å². The van der Waals surface area contributed by atoms with Crippen molar-refractivity contribution < 1.29 is 18.7 Å². The number of unbranched alkanes of at least 4 members (excludes halogenated alkanes) is 9. The molecule has 0 fully saturated rings. The summed E-state index contributed by atoms with van der Waals surface area (Å²) in [6.45, 7) is 4.14. The van der Waals surface area contributed by atoms with E-state index in [1.54, 1.807) is 0 Å². The summed E-state index contributed by atoms with van der Waals surface area (Å²) in [5, 5.41) is 0. The van der Waals surface area contributed by atoms with Gasteiger partial charge < -0.3 is 9.15 Å². The van der Waals surface area contributed by atoms with Crippen LogP contribution in [-0.2, 0) is 4.74 Å². The van der Waals surface area contributed by atoms with E-state index in [4.69, 9.17) is 9.15 Å². The first kappa shape index (κ1) is 20.5. The van der Waals surface area contributed by atoms with Gasteiger partial charge in [0.05, 0.1) is 6.10 Å². The zero-order valence-corrected chi connectivity index (χ0v) is 15.2. The third kappa shape index (κ3) is 8.90. The molecule has 1 unspecified atom stereocenters. The summed E-state index contributed by atoms with van der Waals surface area (Å²) in [5.41, 5.74) is 0. The Morgan fingerprint density at radius 2 is 1.62 bits per heavy atom. The van der Waals surface area contributed by atoms with Crippen LogP contribution in [0.2, 0.25) is 0 Å². The predicted molar refractivity (Wildman–Crippen MR) is 95.4 cm³/mol. The fourth-order valence-electron chi connectivity index (χ4n) is 2.74. The van der Waals surface area contributed by atoms with Crippen molar-refractivity contribution in [3.05, 3.63) is 23.7 Å². The van der Waals surface area contributed by atoms with Gasteiger partial charge in [-0.2, -0.15) is 0 Å². The lowest BCUT2D eigenvalue weighted by molar-refractivity contribution is 0.0282. The van der Waals surface area contributed by atoms with Crippen molar-refractivity contribution in [3.63, 3.8) is 0 Å². The Morgan fingerprint density at radius 1 is 1.04 bits per heavy atom. The van der Waals surface area contributed by atoms with Crippen molar-refractivity contribution in [2.24, 2.45) is 0 Å². The third-order valence-corrected chi connectivity index (χ3v) is 4.22. The quantitative estimate of drug-likeness (QED) is 0.239. The number of hydrogen-bond acceptors (Lipinski definition) is 4. The van der Waals surface area contributed by atoms with Crippen molar-refractivity contribution >= 4 is 12.3 Å². The van der Waals surface area contributed by atoms with E-state index >= 15 is 0 Å². The number of ether oxygens (including phenoxy) is 1. The highest BCUT2D eigenvalue weighted by Crippen LogP contribution is 2.14. The minimum absolute atomic E-state index is 0.0898. The summed E-state index contributed by atoms with van der Waals surface area (Å²) in [7, 11) is 0. The molecule has 1 aromatic heterocycles. The second kappa shape index (κ2) is 12.8. The van der Waals surface area contributed by atoms with Crippen LogP contribution in [0.15, 0.2) is 16.5 Å². The molecule has 0 aliphatic carbocycles. The average Bonchev–Trinajstić information content (AvgIpc) is 3.06. The summed E-state index contributed by atoms with van der Waals surface area (Å²) >= 11 is 0. The molecular formula is C20H32O4. The fourth-order valence-corrected chi connectivity index (χ4v) is 2.74. The highest BCUT2D eigenvalue weighted by molar-refractivity contribution is 5.87. The summed E-state index contributed by atoms with van der Waals surface area (Å²) < 4.78 is 10.4. The summed E-state index contributed by atoms with van der Waals surface area (Å²) in [5.74, 6) is -0.265. The number of carbonyl (C=O) groups excluding carboxylic acids is 2. The first-order chi connectivity index (χ1) is 11.7. The topological polar surface area (TPSA) is 56.5 Å². The van der Waals surface area contributed by atoms with Crippen LogP contribution in [0, 0.1) is 0 Å². The number of aldehydes is 1. The van der Waals surface area contributed by atoms with Crippen LogP contribution in [0.3, 0.4) is 0 Å². The lowest BCUT2D eigenvalue weighted by atomic mass is 10.0. The van der Waals surface area contributed by atoms with Crippen molar-refractivity contribution in [1.82, 2.24) is 0 Å². The fraction of sp³-hybridized carbons (Fsp3) is 0.700. The van der Waals surface area contributed by atoms with E-state index in [1.807, 2.05) is 6.92 Å². The second-order valence-electron chi connectivity index (χ2n) is 6.51. The Hall–Kier alpha value is -1.58. The molecule has 0 saturated carbocycles. The van der Waals surface area contributed by atoms with Gasteiger partial charge in [0.25, 0.3) is 0 Å². The van der Waals surface area contributed by atoms with E-state index in [0.29, 0.717) is 6.29 Å². The normalized spacial score (nSPS) is 12.1. The number of carbonyl (C=O) groups is 2. The lowest BCUT2D eigenvalue weighted by Gasteiger charge is -2.12. The van der Waals surface area contributed by atoms with Gasteiger partial charge in [-0.05, 0) is 31.9 Å². The largest absolute Gasteiger partial charge is 0.457 e. The SMILES string of the molecule is CCCCCCCCCCCCC(C)OC(=O)c1ccc(C=O)o1. The van der Waals surface area contributed by atoms with E-state index in [-0.39, 0.29) is 17.6 Å². The Labute approximate surface area is 146 Å². The molecule has 1 aromatic rings. The van der Waals surface area contributed by atoms with Crippen molar-refractivity contribution in [3.8, 4) is 0 Å². The maximum atomic E-state index is 11.8. The molecule has 0 N–H and O–H groups in total. The van der Waals surface area contributed by atoms with Crippen LogP contribution in [0.25, 0.3) is 0 Å². The first-order valence-corrected chi connectivity index (χ1v) is 9.43. The number of rotatable bonds is 14. The monoisotopic (exact) mass is 336 g/mol. The molecule has 1 atom stereocenters. The van der Waals surface area contributed by atoms with Crippen LogP contribution in [0.5, 0.6) is 0 Å². The maximum absolute atomic E-state index is 11.8. The Balaban J connectivity index is 2.00. The number of furan rings is 1. The molecule has 0 saturated heterocycles. The maximum Gasteiger partial charge on any atom is 0.374 e. The van der Waals surface area contributed by atoms with Crippen LogP contribution in [0.1, 0.15) is 106 Å². The summed E-state index contributed by atoms with van der Waals surface area (Å²) in [6, 6.07) is 2.94. The molecule has 0 aliphatic heterocycles. The Bertz CT molecular complexity index is 464. The van der Waals surface area contributed by atoms with Gasteiger partial charge >= 0.3 is 5.97 Å². The molecule has 0 radical (unpaired) electrons. The van der Waals surface area contributed by atoms with Gasteiger partial charge in [0.1, 0.15) is 0 Å². The van der Waals surface area contributed by atoms with Gasteiger partial charge in [-0.1, -0.05) is 64.7 Å². The molecule has 0 bridgehead atoms. The van der Waals surface area contributed by atoms with Gasteiger partial charge in [0, 0.05) is 0 Å².